The van der Waals surface area contributed by atoms with Gasteiger partial charge in [-0.2, -0.15) is 4.98 Å². The van der Waals surface area contributed by atoms with Crippen LogP contribution in [0.3, 0.4) is 0 Å². The minimum absolute atomic E-state index is 0.182. The number of amides is 1. The van der Waals surface area contributed by atoms with Gasteiger partial charge in [-0.1, -0.05) is 46.6 Å². The summed E-state index contributed by atoms with van der Waals surface area (Å²) in [4.78, 5) is 17.8. The summed E-state index contributed by atoms with van der Waals surface area (Å²) in [6, 6.07) is 12.4. The Balaban J connectivity index is 1.72. The van der Waals surface area contributed by atoms with E-state index in [-0.39, 0.29) is 11.9 Å². The van der Waals surface area contributed by atoms with Gasteiger partial charge in [0.25, 0.3) is 5.91 Å². The molecule has 0 spiro atoms. The van der Waals surface area contributed by atoms with E-state index < -0.39 is 0 Å². The van der Waals surface area contributed by atoms with Crippen molar-refractivity contribution in [2.75, 3.05) is 0 Å². The number of thioether (sulfide) groups is 1. The van der Waals surface area contributed by atoms with Crippen LogP contribution in [0, 0.1) is 6.92 Å². The second kappa shape index (κ2) is 8.78. The number of nitrogens with one attached hydrogen (secondary N) is 1. The van der Waals surface area contributed by atoms with Crippen molar-refractivity contribution < 1.29 is 9.32 Å². The molecule has 8 heteroatoms. The second-order valence-electron chi connectivity index (χ2n) is 5.88. The molecule has 0 radical (unpaired) electrons. The molecule has 1 amide bonds. The van der Waals surface area contributed by atoms with Gasteiger partial charge in [0.1, 0.15) is 0 Å². The summed E-state index contributed by atoms with van der Waals surface area (Å²) in [6.07, 6.45) is 0. The highest BCUT2D eigenvalue weighted by Gasteiger charge is 2.17. The van der Waals surface area contributed by atoms with Crippen molar-refractivity contribution in [2.24, 2.45) is 0 Å². The number of aromatic nitrogens is 2. The Labute approximate surface area is 171 Å². The van der Waals surface area contributed by atoms with Gasteiger partial charge < -0.3 is 9.84 Å². The molecule has 1 aromatic heterocycles. The van der Waals surface area contributed by atoms with Gasteiger partial charge in [-0.25, -0.2) is 0 Å². The van der Waals surface area contributed by atoms with Gasteiger partial charge in [0, 0.05) is 14.9 Å². The molecule has 0 saturated heterocycles. The number of aryl methyl sites for hydroxylation is 1. The first-order valence-electron chi connectivity index (χ1n) is 8.21. The van der Waals surface area contributed by atoms with E-state index in [0.29, 0.717) is 33.1 Å². The summed E-state index contributed by atoms with van der Waals surface area (Å²) in [5, 5.41) is 7.83. The predicted molar refractivity (Wildman–Crippen MR) is 107 cm³/mol. The van der Waals surface area contributed by atoms with E-state index in [4.69, 9.17) is 27.7 Å². The van der Waals surface area contributed by atoms with Crippen molar-refractivity contribution in [3.63, 3.8) is 0 Å². The van der Waals surface area contributed by atoms with Crippen LogP contribution in [0.4, 0.5) is 0 Å². The van der Waals surface area contributed by atoms with E-state index >= 15 is 0 Å². The quantitative estimate of drug-likeness (QED) is 0.534. The van der Waals surface area contributed by atoms with Crippen molar-refractivity contribution in [2.45, 2.75) is 30.5 Å². The Kier molecular flexibility index (Phi) is 6.42. The highest BCUT2D eigenvalue weighted by molar-refractivity contribution is 7.98. The zero-order valence-corrected chi connectivity index (χ0v) is 17.0. The van der Waals surface area contributed by atoms with Crippen LogP contribution in [0.1, 0.15) is 40.6 Å². The first-order valence-corrected chi connectivity index (χ1v) is 9.95. The Bertz CT molecular complexity index is 962. The van der Waals surface area contributed by atoms with Gasteiger partial charge in [0.15, 0.2) is 5.82 Å². The number of nitrogens with zero attached hydrogens (tertiary/aromatic N) is 2. The molecule has 2 aromatic carbocycles. The zero-order valence-electron chi connectivity index (χ0n) is 14.7. The third-order valence-corrected chi connectivity index (χ3v) is 5.45. The van der Waals surface area contributed by atoms with Crippen LogP contribution in [0.15, 0.2) is 51.9 Å². The lowest BCUT2D eigenvalue weighted by molar-refractivity contribution is 0.0937. The zero-order chi connectivity index (χ0) is 19.4. The predicted octanol–water partition coefficient (Wildman–Crippen LogP) is 5.47. The molecule has 3 rings (SSSR count). The second-order valence-corrected chi connectivity index (χ2v) is 7.74. The molecular weight excluding hydrogens is 405 g/mol. The Morgan fingerprint density at radius 2 is 2.04 bits per heavy atom. The van der Waals surface area contributed by atoms with Gasteiger partial charge in [-0.05, 0) is 43.7 Å². The number of carbonyl (C=O) groups excluding carboxylic acids is 1. The number of rotatable bonds is 6. The maximum atomic E-state index is 12.8. The molecule has 1 heterocycles. The molecule has 0 aliphatic carbocycles. The highest BCUT2D eigenvalue weighted by Crippen LogP contribution is 2.28. The minimum atomic E-state index is -0.265. The normalized spacial score (nSPS) is 12.0. The molecule has 0 saturated carbocycles. The highest BCUT2D eigenvalue weighted by atomic mass is 35.5. The fraction of sp³-hybridized carbons (Fsp3) is 0.211. The third kappa shape index (κ3) is 5.03. The van der Waals surface area contributed by atoms with Gasteiger partial charge in [-0.15, -0.1) is 11.8 Å². The molecule has 0 fully saturated rings. The van der Waals surface area contributed by atoms with E-state index in [1.54, 1.807) is 25.1 Å². The SMILES string of the molecule is Cc1noc(CSc2ccccc2C(=O)NC(C)c2ccc(Cl)cc2Cl)n1. The lowest BCUT2D eigenvalue weighted by Crippen LogP contribution is -2.27. The van der Waals surface area contributed by atoms with Crippen LogP contribution in [-0.4, -0.2) is 16.0 Å². The number of halogens is 2. The standard InChI is InChI=1S/C19H17Cl2N3O2S/c1-11(14-8-7-13(20)9-16(14)21)22-19(25)15-5-3-4-6-17(15)27-10-18-23-12(2)24-26-18/h3-9,11H,10H2,1-2H3,(H,22,25). The van der Waals surface area contributed by atoms with E-state index in [9.17, 15) is 4.79 Å². The molecule has 1 unspecified atom stereocenters. The number of hydrogen-bond acceptors (Lipinski definition) is 5. The summed E-state index contributed by atoms with van der Waals surface area (Å²) < 4.78 is 5.12. The smallest absolute Gasteiger partial charge is 0.252 e. The van der Waals surface area contributed by atoms with Crippen LogP contribution in [0.25, 0.3) is 0 Å². The maximum Gasteiger partial charge on any atom is 0.252 e. The molecule has 1 N–H and O–H groups in total. The lowest BCUT2D eigenvalue weighted by atomic mass is 10.1. The van der Waals surface area contributed by atoms with Crippen molar-refractivity contribution in [3.05, 3.63) is 75.4 Å². The summed E-state index contributed by atoms with van der Waals surface area (Å²) in [7, 11) is 0. The third-order valence-electron chi connectivity index (χ3n) is 3.83. The molecule has 3 aromatic rings. The average molecular weight is 422 g/mol. The van der Waals surface area contributed by atoms with Crippen LogP contribution in [0.5, 0.6) is 0 Å². The van der Waals surface area contributed by atoms with Gasteiger partial charge in [0.2, 0.25) is 5.89 Å². The van der Waals surface area contributed by atoms with Gasteiger partial charge in [-0.3, -0.25) is 4.79 Å². The maximum absolute atomic E-state index is 12.8. The molecule has 140 valence electrons. The summed E-state index contributed by atoms with van der Waals surface area (Å²) >= 11 is 13.6. The molecule has 1 atom stereocenters. The fourth-order valence-corrected chi connectivity index (χ4v) is 3.98. The van der Waals surface area contributed by atoms with Crippen LogP contribution < -0.4 is 5.32 Å². The van der Waals surface area contributed by atoms with Crippen molar-refractivity contribution in [1.29, 1.82) is 0 Å². The van der Waals surface area contributed by atoms with Crippen LogP contribution in [-0.2, 0) is 5.75 Å². The summed E-state index contributed by atoms with van der Waals surface area (Å²) in [6.45, 7) is 3.65. The summed E-state index contributed by atoms with van der Waals surface area (Å²) in [5.74, 6) is 1.42. The molecule has 5 nitrogen and oxygen atoms in total. The molecule has 0 aliphatic heterocycles. The van der Waals surface area contributed by atoms with Gasteiger partial charge in [0.05, 0.1) is 17.4 Å². The number of carbonyl (C=O) groups is 1. The Hall–Kier alpha value is -2.02. The fourth-order valence-electron chi connectivity index (χ4n) is 2.52. The van der Waals surface area contributed by atoms with Gasteiger partial charge >= 0.3 is 0 Å². The Morgan fingerprint density at radius 1 is 1.26 bits per heavy atom. The molecule has 0 aliphatic rings. The number of benzene rings is 2. The molecule has 0 bridgehead atoms. The monoisotopic (exact) mass is 421 g/mol. The number of hydrogen-bond donors (Lipinski definition) is 1. The lowest BCUT2D eigenvalue weighted by Gasteiger charge is -2.17. The molecule has 27 heavy (non-hydrogen) atoms. The first kappa shape index (κ1) is 19.7. The molecular formula is C19H17Cl2N3O2S. The van der Waals surface area contributed by atoms with Crippen molar-refractivity contribution >= 4 is 40.9 Å². The van der Waals surface area contributed by atoms with E-state index in [2.05, 4.69) is 15.5 Å². The van der Waals surface area contributed by atoms with Crippen LogP contribution >= 0.6 is 35.0 Å². The first-order chi connectivity index (χ1) is 12.9. The van der Waals surface area contributed by atoms with E-state index in [0.717, 1.165) is 10.5 Å². The average Bonchev–Trinajstić information content (AvgIpc) is 3.05. The van der Waals surface area contributed by atoms with Crippen molar-refractivity contribution in [1.82, 2.24) is 15.5 Å². The summed E-state index contributed by atoms with van der Waals surface area (Å²) in [5.41, 5.74) is 1.39. The van der Waals surface area contributed by atoms with E-state index in [1.807, 2.05) is 31.2 Å². The largest absolute Gasteiger partial charge is 0.345 e. The van der Waals surface area contributed by atoms with Crippen LogP contribution in [0.2, 0.25) is 10.0 Å². The minimum Gasteiger partial charge on any atom is -0.345 e. The van der Waals surface area contributed by atoms with E-state index in [1.165, 1.54) is 11.8 Å². The Morgan fingerprint density at radius 3 is 2.74 bits per heavy atom. The topological polar surface area (TPSA) is 68.0 Å². The van der Waals surface area contributed by atoms with Crippen molar-refractivity contribution in [3.8, 4) is 0 Å².